The Balaban J connectivity index is 2.03. The molecule has 0 fully saturated rings. The van der Waals surface area contributed by atoms with Crippen LogP contribution in [0.2, 0.25) is 0 Å². The summed E-state index contributed by atoms with van der Waals surface area (Å²) in [4.78, 5) is 12.1. The number of amides is 1. The lowest BCUT2D eigenvalue weighted by atomic mass is 9.96. The number of hydrogen-bond donors (Lipinski definition) is 2. The number of benzene rings is 2. The Labute approximate surface area is 136 Å². The van der Waals surface area contributed by atoms with E-state index in [2.05, 4.69) is 24.4 Å². The van der Waals surface area contributed by atoms with Gasteiger partial charge in [0.1, 0.15) is 11.9 Å². The van der Waals surface area contributed by atoms with Crippen LogP contribution in [-0.2, 0) is 6.42 Å². The summed E-state index contributed by atoms with van der Waals surface area (Å²) in [5.41, 5.74) is 10.8. The number of hydrogen-bond acceptors (Lipinski definition) is 3. The zero-order chi connectivity index (χ0) is 16.4. The molecule has 1 aliphatic rings. The number of nitrogens with one attached hydrogen (secondary N) is 1. The molecule has 4 heteroatoms. The van der Waals surface area contributed by atoms with Crippen molar-refractivity contribution in [3.63, 3.8) is 0 Å². The van der Waals surface area contributed by atoms with Crippen LogP contribution < -0.4 is 15.8 Å². The first-order chi connectivity index (χ1) is 11.1. The van der Waals surface area contributed by atoms with Crippen LogP contribution in [0.4, 0.5) is 0 Å². The monoisotopic (exact) mass is 310 g/mol. The lowest BCUT2D eigenvalue weighted by Crippen LogP contribution is -2.24. The van der Waals surface area contributed by atoms with Gasteiger partial charge in [0.2, 0.25) is 0 Å². The summed E-state index contributed by atoms with van der Waals surface area (Å²) < 4.78 is 6.02. The van der Waals surface area contributed by atoms with Gasteiger partial charge in [-0.15, -0.1) is 0 Å². The van der Waals surface area contributed by atoms with E-state index in [1.165, 1.54) is 11.1 Å². The third-order valence-electron chi connectivity index (χ3n) is 4.08. The van der Waals surface area contributed by atoms with Gasteiger partial charge in [0, 0.05) is 30.6 Å². The minimum atomic E-state index is -0.0561. The van der Waals surface area contributed by atoms with Gasteiger partial charge in [0.05, 0.1) is 0 Å². The number of aryl methyl sites for hydroxylation is 1. The fraction of sp³-hybridized carbons (Fsp3) is 0.316. The summed E-state index contributed by atoms with van der Waals surface area (Å²) in [6.45, 7) is 5.11. The Morgan fingerprint density at radius 1 is 1.35 bits per heavy atom. The molecule has 2 aromatic carbocycles. The molecule has 0 aliphatic carbocycles. The largest absolute Gasteiger partial charge is 0.488 e. The molecule has 0 saturated heterocycles. The van der Waals surface area contributed by atoms with Gasteiger partial charge in [0.25, 0.3) is 5.91 Å². The van der Waals surface area contributed by atoms with Crippen molar-refractivity contribution in [2.24, 2.45) is 5.73 Å². The van der Waals surface area contributed by atoms with Crippen LogP contribution in [0.15, 0.2) is 36.4 Å². The van der Waals surface area contributed by atoms with Crippen molar-refractivity contribution in [2.75, 3.05) is 13.1 Å². The number of nitrogens with two attached hydrogens (primary N) is 1. The van der Waals surface area contributed by atoms with Crippen molar-refractivity contribution in [1.82, 2.24) is 5.32 Å². The highest BCUT2D eigenvalue weighted by Gasteiger charge is 2.25. The molecule has 0 spiro atoms. The molecule has 0 bridgehead atoms. The van der Waals surface area contributed by atoms with Crippen molar-refractivity contribution >= 4 is 5.91 Å². The molecular formula is C19H22N2O2. The Hall–Kier alpha value is -2.33. The average molecular weight is 310 g/mol. The first kappa shape index (κ1) is 15.6. The molecule has 1 heterocycles. The van der Waals surface area contributed by atoms with Crippen LogP contribution in [0.3, 0.4) is 0 Å². The standard InChI is InChI=1S/C19H22N2O2/c1-3-21-19(22)14-6-4-5-13(9-14)17-8-12(2)7-15-10-16(11-20)23-18(15)17/h4-9,16H,3,10-11,20H2,1-2H3,(H,21,22)/t16-/m0/s1. The lowest BCUT2D eigenvalue weighted by Gasteiger charge is -2.13. The Morgan fingerprint density at radius 2 is 2.17 bits per heavy atom. The number of fused-ring (bicyclic) bond motifs is 1. The summed E-state index contributed by atoms with van der Waals surface area (Å²) in [5.74, 6) is 0.846. The highest BCUT2D eigenvalue weighted by atomic mass is 16.5. The maximum Gasteiger partial charge on any atom is 0.251 e. The number of carbonyl (C=O) groups excluding carboxylic acids is 1. The van der Waals surface area contributed by atoms with E-state index >= 15 is 0 Å². The quantitative estimate of drug-likeness (QED) is 0.912. The van der Waals surface area contributed by atoms with Crippen molar-refractivity contribution < 1.29 is 9.53 Å². The number of rotatable bonds is 4. The first-order valence-corrected chi connectivity index (χ1v) is 8.01. The second-order valence-electron chi connectivity index (χ2n) is 5.92. The summed E-state index contributed by atoms with van der Waals surface area (Å²) >= 11 is 0. The minimum Gasteiger partial charge on any atom is -0.488 e. The van der Waals surface area contributed by atoms with E-state index in [4.69, 9.17) is 10.5 Å². The Kier molecular flexibility index (Phi) is 4.35. The van der Waals surface area contributed by atoms with Gasteiger partial charge in [0.15, 0.2) is 0 Å². The maximum atomic E-state index is 12.1. The normalized spacial score (nSPS) is 15.9. The zero-order valence-electron chi connectivity index (χ0n) is 13.6. The summed E-state index contributed by atoms with van der Waals surface area (Å²) in [6, 6.07) is 11.9. The maximum absolute atomic E-state index is 12.1. The Morgan fingerprint density at radius 3 is 2.91 bits per heavy atom. The zero-order valence-corrected chi connectivity index (χ0v) is 13.6. The molecule has 1 aliphatic heterocycles. The SMILES string of the molecule is CCNC(=O)c1cccc(-c2cc(C)cc3c2O[C@H](CN)C3)c1. The molecule has 2 aromatic rings. The van der Waals surface area contributed by atoms with Crippen molar-refractivity contribution in [3.05, 3.63) is 53.1 Å². The van der Waals surface area contributed by atoms with Crippen LogP contribution in [0, 0.1) is 6.92 Å². The molecule has 4 nitrogen and oxygen atoms in total. The molecule has 3 rings (SSSR count). The topological polar surface area (TPSA) is 64.3 Å². The van der Waals surface area contributed by atoms with Gasteiger partial charge in [-0.05, 0) is 48.7 Å². The van der Waals surface area contributed by atoms with E-state index in [1.54, 1.807) is 0 Å². The van der Waals surface area contributed by atoms with Crippen LogP contribution in [0.25, 0.3) is 11.1 Å². The van der Waals surface area contributed by atoms with E-state index < -0.39 is 0 Å². The summed E-state index contributed by atoms with van der Waals surface area (Å²) in [7, 11) is 0. The summed E-state index contributed by atoms with van der Waals surface area (Å²) in [6.07, 6.45) is 0.883. The molecule has 0 unspecified atom stereocenters. The van der Waals surface area contributed by atoms with Gasteiger partial charge >= 0.3 is 0 Å². The van der Waals surface area contributed by atoms with Gasteiger partial charge in [-0.3, -0.25) is 4.79 Å². The van der Waals surface area contributed by atoms with Crippen molar-refractivity contribution in [2.45, 2.75) is 26.4 Å². The lowest BCUT2D eigenvalue weighted by molar-refractivity contribution is 0.0956. The molecule has 0 saturated carbocycles. The molecule has 1 atom stereocenters. The predicted molar refractivity (Wildman–Crippen MR) is 91.8 cm³/mol. The van der Waals surface area contributed by atoms with Crippen LogP contribution >= 0.6 is 0 Å². The van der Waals surface area contributed by atoms with Crippen LogP contribution in [0.5, 0.6) is 5.75 Å². The van der Waals surface area contributed by atoms with Gasteiger partial charge in [-0.25, -0.2) is 0 Å². The predicted octanol–water partition coefficient (Wildman–Crippen LogP) is 2.67. The van der Waals surface area contributed by atoms with Gasteiger partial charge in [-0.2, -0.15) is 0 Å². The first-order valence-electron chi connectivity index (χ1n) is 8.01. The molecule has 1 amide bonds. The number of ether oxygens (including phenoxy) is 1. The van der Waals surface area contributed by atoms with Crippen molar-refractivity contribution in [3.8, 4) is 16.9 Å². The van der Waals surface area contributed by atoms with E-state index in [0.717, 1.165) is 23.3 Å². The number of carbonyl (C=O) groups is 1. The molecule has 0 radical (unpaired) electrons. The fourth-order valence-corrected chi connectivity index (χ4v) is 3.03. The van der Waals surface area contributed by atoms with E-state index in [0.29, 0.717) is 18.7 Å². The van der Waals surface area contributed by atoms with Crippen LogP contribution in [0.1, 0.15) is 28.4 Å². The molecule has 3 N–H and O–H groups in total. The van der Waals surface area contributed by atoms with Crippen molar-refractivity contribution in [1.29, 1.82) is 0 Å². The third-order valence-corrected chi connectivity index (χ3v) is 4.08. The minimum absolute atomic E-state index is 0.0390. The highest BCUT2D eigenvalue weighted by Crippen LogP contribution is 2.39. The molecular weight excluding hydrogens is 288 g/mol. The molecule has 0 aromatic heterocycles. The second kappa shape index (κ2) is 6.42. The fourth-order valence-electron chi connectivity index (χ4n) is 3.03. The summed E-state index contributed by atoms with van der Waals surface area (Å²) in [5, 5.41) is 2.83. The van der Waals surface area contributed by atoms with Gasteiger partial charge < -0.3 is 15.8 Å². The third kappa shape index (κ3) is 3.08. The van der Waals surface area contributed by atoms with Gasteiger partial charge in [-0.1, -0.05) is 18.2 Å². The van der Waals surface area contributed by atoms with E-state index in [9.17, 15) is 4.79 Å². The second-order valence-corrected chi connectivity index (χ2v) is 5.92. The smallest absolute Gasteiger partial charge is 0.251 e. The van der Waals surface area contributed by atoms with Crippen LogP contribution in [-0.4, -0.2) is 25.1 Å². The average Bonchev–Trinajstić information content (AvgIpc) is 2.97. The molecule has 23 heavy (non-hydrogen) atoms. The highest BCUT2D eigenvalue weighted by molar-refractivity contribution is 5.95. The van der Waals surface area contributed by atoms with E-state index in [1.807, 2.05) is 31.2 Å². The van der Waals surface area contributed by atoms with E-state index in [-0.39, 0.29) is 12.0 Å². The molecule has 120 valence electrons. The Bertz CT molecular complexity index is 740.